The van der Waals surface area contributed by atoms with Crippen LogP contribution in [0, 0.1) is 10.1 Å². The minimum absolute atomic E-state index is 0.00986. The molecule has 0 aliphatic carbocycles. The van der Waals surface area contributed by atoms with Crippen molar-refractivity contribution in [1.29, 1.82) is 0 Å². The fourth-order valence-electron chi connectivity index (χ4n) is 3.51. The van der Waals surface area contributed by atoms with Crippen LogP contribution in [0.5, 0.6) is 0 Å². The second-order valence-electron chi connectivity index (χ2n) is 6.39. The van der Waals surface area contributed by atoms with Gasteiger partial charge in [0.15, 0.2) is 0 Å². The van der Waals surface area contributed by atoms with Gasteiger partial charge in [0, 0.05) is 38.6 Å². The Balaban J connectivity index is 1.76. The number of anilines is 1. The first-order valence-electron chi connectivity index (χ1n) is 8.34. The number of aromatic nitrogens is 1. The summed E-state index contributed by atoms with van der Waals surface area (Å²) in [6, 6.07) is 10.6. The van der Waals surface area contributed by atoms with Gasteiger partial charge in [0.25, 0.3) is 5.69 Å². The van der Waals surface area contributed by atoms with Crippen LogP contribution in [0.2, 0.25) is 0 Å². The van der Waals surface area contributed by atoms with Crippen LogP contribution in [0.3, 0.4) is 0 Å². The van der Waals surface area contributed by atoms with Crippen molar-refractivity contribution < 1.29 is 9.72 Å². The average molecular weight is 342 g/mol. The minimum atomic E-state index is -0.418. The van der Waals surface area contributed by atoms with E-state index < -0.39 is 4.92 Å². The SMILES string of the molecule is CN(CC(=O)N1CCC[C@H]1c1cccn1C)c1ccccc1[N+](=O)[O-]. The molecule has 7 heteroatoms. The summed E-state index contributed by atoms with van der Waals surface area (Å²) < 4.78 is 2.04. The fourth-order valence-corrected chi connectivity index (χ4v) is 3.51. The lowest BCUT2D eigenvalue weighted by Crippen LogP contribution is -2.39. The highest BCUT2D eigenvalue weighted by Crippen LogP contribution is 2.32. The van der Waals surface area contributed by atoms with E-state index in [0.29, 0.717) is 5.69 Å². The number of likely N-dealkylation sites (tertiary alicyclic amines) is 1. The summed E-state index contributed by atoms with van der Waals surface area (Å²) in [7, 11) is 3.70. The quantitative estimate of drug-likeness (QED) is 0.619. The van der Waals surface area contributed by atoms with Gasteiger partial charge in [-0.1, -0.05) is 12.1 Å². The summed E-state index contributed by atoms with van der Waals surface area (Å²) in [4.78, 5) is 27.2. The van der Waals surface area contributed by atoms with E-state index >= 15 is 0 Å². The number of amides is 1. The molecule has 132 valence electrons. The second-order valence-corrected chi connectivity index (χ2v) is 6.39. The molecule has 1 fully saturated rings. The minimum Gasteiger partial charge on any atom is -0.360 e. The normalized spacial score (nSPS) is 16.9. The zero-order chi connectivity index (χ0) is 18.0. The van der Waals surface area contributed by atoms with Crippen molar-refractivity contribution in [3.8, 4) is 0 Å². The maximum atomic E-state index is 12.8. The topological polar surface area (TPSA) is 71.6 Å². The molecule has 7 nitrogen and oxygen atoms in total. The summed E-state index contributed by atoms with van der Waals surface area (Å²) in [6.07, 6.45) is 3.89. The van der Waals surface area contributed by atoms with E-state index in [1.165, 1.54) is 6.07 Å². The van der Waals surface area contributed by atoms with E-state index in [4.69, 9.17) is 0 Å². The van der Waals surface area contributed by atoms with Gasteiger partial charge >= 0.3 is 0 Å². The van der Waals surface area contributed by atoms with Crippen LogP contribution in [-0.2, 0) is 11.8 Å². The second kappa shape index (κ2) is 6.96. The molecule has 0 unspecified atom stereocenters. The maximum absolute atomic E-state index is 12.8. The van der Waals surface area contributed by atoms with Gasteiger partial charge in [0.05, 0.1) is 17.5 Å². The van der Waals surface area contributed by atoms with E-state index in [1.54, 1.807) is 30.1 Å². The molecule has 1 aromatic carbocycles. The standard InChI is InChI=1S/C18H22N4O3/c1-19-11-5-9-14(19)16-10-6-12-21(16)18(23)13-20(2)15-7-3-4-8-17(15)22(24)25/h3-5,7-9,11,16H,6,10,12-13H2,1-2H3/t16-/m0/s1. The lowest BCUT2D eigenvalue weighted by molar-refractivity contribution is -0.384. The molecular weight excluding hydrogens is 320 g/mol. The van der Waals surface area contributed by atoms with E-state index in [2.05, 4.69) is 0 Å². The fraction of sp³-hybridized carbons (Fsp3) is 0.389. The smallest absolute Gasteiger partial charge is 0.292 e. The molecule has 0 saturated carbocycles. The first-order chi connectivity index (χ1) is 12.0. The van der Waals surface area contributed by atoms with E-state index in [-0.39, 0.29) is 24.2 Å². The highest BCUT2D eigenvalue weighted by Gasteiger charge is 2.32. The number of hydrogen-bond acceptors (Lipinski definition) is 4. The first kappa shape index (κ1) is 17.0. The van der Waals surface area contributed by atoms with Crippen LogP contribution in [0.15, 0.2) is 42.6 Å². The first-order valence-corrected chi connectivity index (χ1v) is 8.34. The molecule has 1 aliphatic rings. The Morgan fingerprint density at radius 1 is 1.32 bits per heavy atom. The third kappa shape index (κ3) is 3.35. The number of likely N-dealkylation sites (N-methyl/N-ethyl adjacent to an activating group) is 1. The molecular formula is C18H22N4O3. The molecule has 1 aliphatic heterocycles. The van der Waals surface area contributed by atoms with E-state index in [9.17, 15) is 14.9 Å². The number of carbonyl (C=O) groups excluding carboxylic acids is 1. The van der Waals surface area contributed by atoms with Crippen molar-refractivity contribution in [3.05, 3.63) is 58.4 Å². The summed E-state index contributed by atoms with van der Waals surface area (Å²) in [5.41, 5.74) is 1.59. The Hall–Kier alpha value is -2.83. The van der Waals surface area contributed by atoms with Gasteiger partial charge in [-0.15, -0.1) is 0 Å². The van der Waals surface area contributed by atoms with Crippen molar-refractivity contribution in [1.82, 2.24) is 9.47 Å². The molecule has 0 bridgehead atoms. The van der Waals surface area contributed by atoms with Crippen molar-refractivity contribution in [2.45, 2.75) is 18.9 Å². The van der Waals surface area contributed by atoms with Crippen LogP contribution in [-0.4, -0.2) is 40.4 Å². The summed E-state index contributed by atoms with van der Waals surface area (Å²) in [6.45, 7) is 0.838. The Morgan fingerprint density at radius 3 is 2.76 bits per heavy atom. The van der Waals surface area contributed by atoms with Crippen molar-refractivity contribution in [2.75, 3.05) is 25.0 Å². The van der Waals surface area contributed by atoms with Crippen LogP contribution >= 0.6 is 0 Å². The predicted octanol–water partition coefficient (Wildman–Crippen LogP) is 2.73. The van der Waals surface area contributed by atoms with Gasteiger partial charge in [-0.25, -0.2) is 0 Å². The van der Waals surface area contributed by atoms with E-state index in [0.717, 1.165) is 25.1 Å². The van der Waals surface area contributed by atoms with Crippen molar-refractivity contribution in [2.24, 2.45) is 7.05 Å². The number of aryl methyl sites for hydroxylation is 1. The van der Waals surface area contributed by atoms with Crippen LogP contribution in [0.1, 0.15) is 24.6 Å². The number of carbonyl (C=O) groups is 1. The molecule has 1 atom stereocenters. The third-order valence-corrected chi connectivity index (χ3v) is 4.76. The molecule has 2 aromatic rings. The van der Waals surface area contributed by atoms with Gasteiger partial charge in [-0.05, 0) is 31.0 Å². The van der Waals surface area contributed by atoms with Crippen LogP contribution in [0.25, 0.3) is 0 Å². The average Bonchev–Trinajstić information content (AvgIpc) is 3.22. The number of nitro groups is 1. The lowest BCUT2D eigenvalue weighted by Gasteiger charge is -2.28. The number of benzene rings is 1. The van der Waals surface area contributed by atoms with Crippen molar-refractivity contribution in [3.63, 3.8) is 0 Å². The molecule has 0 N–H and O–H groups in total. The highest BCUT2D eigenvalue weighted by atomic mass is 16.6. The molecule has 1 saturated heterocycles. The van der Waals surface area contributed by atoms with Gasteiger partial charge in [0.1, 0.15) is 5.69 Å². The number of hydrogen-bond donors (Lipinski definition) is 0. The Morgan fingerprint density at radius 2 is 2.08 bits per heavy atom. The number of rotatable bonds is 5. The molecule has 25 heavy (non-hydrogen) atoms. The zero-order valence-corrected chi connectivity index (χ0v) is 14.5. The monoisotopic (exact) mass is 342 g/mol. The lowest BCUT2D eigenvalue weighted by atomic mass is 10.1. The van der Waals surface area contributed by atoms with Crippen LogP contribution in [0.4, 0.5) is 11.4 Å². The van der Waals surface area contributed by atoms with Gasteiger partial charge < -0.3 is 14.4 Å². The summed E-state index contributed by atoms with van der Waals surface area (Å²) in [5.74, 6) is -0.00986. The largest absolute Gasteiger partial charge is 0.360 e. The third-order valence-electron chi connectivity index (χ3n) is 4.76. The van der Waals surface area contributed by atoms with Gasteiger partial charge in [-0.2, -0.15) is 0 Å². The summed E-state index contributed by atoms with van der Waals surface area (Å²) in [5, 5.41) is 11.2. The molecule has 2 heterocycles. The number of nitrogens with zero attached hydrogens (tertiary/aromatic N) is 4. The molecule has 1 aromatic heterocycles. The number of nitro benzene ring substituents is 1. The number of para-hydroxylation sites is 2. The molecule has 0 radical (unpaired) electrons. The zero-order valence-electron chi connectivity index (χ0n) is 14.5. The molecule has 1 amide bonds. The maximum Gasteiger partial charge on any atom is 0.292 e. The van der Waals surface area contributed by atoms with Crippen LogP contribution < -0.4 is 4.90 Å². The van der Waals surface area contributed by atoms with Crippen molar-refractivity contribution >= 4 is 17.3 Å². The van der Waals surface area contributed by atoms with E-state index in [1.807, 2.05) is 34.8 Å². The Labute approximate surface area is 146 Å². The highest BCUT2D eigenvalue weighted by molar-refractivity contribution is 5.83. The molecule has 0 spiro atoms. The Kier molecular flexibility index (Phi) is 4.74. The van der Waals surface area contributed by atoms with Gasteiger partial charge in [-0.3, -0.25) is 14.9 Å². The molecule has 3 rings (SSSR count). The summed E-state index contributed by atoms with van der Waals surface area (Å²) >= 11 is 0. The van der Waals surface area contributed by atoms with Gasteiger partial charge in [0.2, 0.25) is 5.91 Å². The Bertz CT molecular complexity index is 786. The predicted molar refractivity (Wildman–Crippen MR) is 95.5 cm³/mol.